The zero-order chi connectivity index (χ0) is 24.4. The van der Waals surface area contributed by atoms with Gasteiger partial charge in [-0.1, -0.05) is 18.2 Å². The average molecular weight is 442 g/mol. The lowest BCUT2D eigenvalue weighted by Crippen LogP contribution is -2.34. The average Bonchev–Trinajstić information content (AvgIpc) is 2.70. The van der Waals surface area contributed by atoms with E-state index in [4.69, 9.17) is 0 Å². The second-order valence-electron chi connectivity index (χ2n) is 7.58. The van der Waals surface area contributed by atoms with E-state index in [0.717, 1.165) is 18.2 Å². The number of ketones is 1. The number of carbonyl (C=O) groups excluding carboxylic acids is 1. The van der Waals surface area contributed by atoms with E-state index in [0.29, 0.717) is 0 Å². The van der Waals surface area contributed by atoms with E-state index in [-0.39, 0.29) is 36.0 Å². The quantitative estimate of drug-likeness (QED) is 0.209. The molecule has 0 unspecified atom stereocenters. The van der Waals surface area contributed by atoms with Gasteiger partial charge < -0.3 is 30.6 Å². The van der Waals surface area contributed by atoms with Gasteiger partial charge in [-0.3, -0.25) is 4.79 Å². The van der Waals surface area contributed by atoms with Crippen LogP contribution in [0.4, 0.5) is 0 Å². The minimum Gasteiger partial charge on any atom is -0.478 e. The maximum Gasteiger partial charge on any atom is 0.330 e. The van der Waals surface area contributed by atoms with Crippen LogP contribution in [-0.2, 0) is 19.2 Å². The molecule has 0 aromatic carbocycles. The summed E-state index contributed by atoms with van der Waals surface area (Å²) < 4.78 is 0. The third-order valence-electron chi connectivity index (χ3n) is 4.98. The summed E-state index contributed by atoms with van der Waals surface area (Å²) in [6.45, 7) is 1.96. The molecule has 0 saturated carbocycles. The highest BCUT2D eigenvalue weighted by molar-refractivity contribution is 5.98. The Labute approximate surface area is 179 Å². The van der Waals surface area contributed by atoms with E-state index in [1.165, 1.54) is 20.8 Å². The second kappa shape index (κ2) is 12.1. The van der Waals surface area contributed by atoms with Crippen molar-refractivity contribution in [3.05, 3.63) is 34.9 Å². The number of carbonyl (C=O) groups is 4. The highest BCUT2D eigenvalue weighted by Crippen LogP contribution is 2.33. The normalized spacial score (nSPS) is 15.4. The van der Waals surface area contributed by atoms with Crippen molar-refractivity contribution < 1.29 is 49.8 Å². The molecular formula is C21H30O10. The molecule has 0 spiro atoms. The fourth-order valence-corrected chi connectivity index (χ4v) is 2.85. The van der Waals surface area contributed by atoms with Crippen molar-refractivity contribution >= 4 is 23.7 Å². The number of rotatable bonds is 14. The molecule has 10 nitrogen and oxygen atoms in total. The van der Waals surface area contributed by atoms with Gasteiger partial charge in [0.05, 0.1) is 25.2 Å². The van der Waals surface area contributed by atoms with E-state index in [2.05, 4.69) is 0 Å². The van der Waals surface area contributed by atoms with Crippen LogP contribution in [0.1, 0.15) is 40.0 Å². The van der Waals surface area contributed by atoms with E-state index < -0.39 is 54.3 Å². The van der Waals surface area contributed by atoms with E-state index in [1.807, 2.05) is 0 Å². The highest BCUT2D eigenvalue weighted by Gasteiger charge is 2.35. The molecular weight excluding hydrogens is 412 g/mol. The molecule has 174 valence electrons. The number of carboxylic acid groups (broad SMARTS) is 3. The summed E-state index contributed by atoms with van der Waals surface area (Å²) >= 11 is 0. The molecule has 0 bridgehead atoms. The topological polar surface area (TPSA) is 190 Å². The van der Waals surface area contributed by atoms with Crippen molar-refractivity contribution in [2.24, 2.45) is 10.8 Å². The monoisotopic (exact) mass is 442 g/mol. The standard InChI is InChI=1S/C21H30O10/c1-13(17(26)27)7-21(8-14(2)18(28)29,9-15(3)19(30)31)16(25)5-4-6-20(10-22,11-23)12-24/h7-9,22-24H,4-6,10-12H2,1-3H3,(H,26,27)(H,28,29)(H,30,31). The van der Waals surface area contributed by atoms with Crippen molar-refractivity contribution in [3.63, 3.8) is 0 Å². The summed E-state index contributed by atoms with van der Waals surface area (Å²) in [6.07, 6.45) is 2.82. The smallest absolute Gasteiger partial charge is 0.330 e. The van der Waals surface area contributed by atoms with Gasteiger partial charge >= 0.3 is 17.9 Å². The van der Waals surface area contributed by atoms with Crippen LogP contribution in [0.15, 0.2) is 34.9 Å². The first-order chi connectivity index (χ1) is 14.3. The van der Waals surface area contributed by atoms with Crippen molar-refractivity contribution in [3.8, 4) is 0 Å². The molecule has 0 aliphatic rings. The molecule has 0 rings (SSSR count). The summed E-state index contributed by atoms with van der Waals surface area (Å²) in [4.78, 5) is 47.3. The summed E-state index contributed by atoms with van der Waals surface area (Å²) in [5.41, 5.74) is -4.09. The van der Waals surface area contributed by atoms with Gasteiger partial charge in [-0.2, -0.15) is 0 Å². The van der Waals surface area contributed by atoms with Crippen LogP contribution in [0.3, 0.4) is 0 Å². The lowest BCUT2D eigenvalue weighted by molar-refractivity contribution is -0.133. The minimum absolute atomic E-state index is 0.0448. The summed E-state index contributed by atoms with van der Waals surface area (Å²) in [5, 5.41) is 56.0. The summed E-state index contributed by atoms with van der Waals surface area (Å²) in [5.74, 6) is -4.81. The fraction of sp³-hybridized carbons (Fsp3) is 0.524. The largest absolute Gasteiger partial charge is 0.478 e. The van der Waals surface area contributed by atoms with Crippen LogP contribution in [0.5, 0.6) is 0 Å². The summed E-state index contributed by atoms with van der Waals surface area (Å²) in [7, 11) is 0. The molecule has 6 N–H and O–H groups in total. The van der Waals surface area contributed by atoms with Crippen LogP contribution in [0, 0.1) is 10.8 Å². The zero-order valence-corrected chi connectivity index (χ0v) is 17.8. The van der Waals surface area contributed by atoms with Gasteiger partial charge in [-0.15, -0.1) is 0 Å². The maximum absolute atomic E-state index is 13.2. The molecule has 10 heteroatoms. The fourth-order valence-electron chi connectivity index (χ4n) is 2.85. The van der Waals surface area contributed by atoms with E-state index in [1.54, 1.807) is 0 Å². The van der Waals surface area contributed by atoms with Gasteiger partial charge in [0, 0.05) is 28.6 Å². The number of carboxylic acids is 3. The SMILES string of the molecule is CC(=CC(C=C(C)C(=O)O)(C=C(C)C(=O)O)C(=O)CCCC(CO)(CO)CO)C(=O)O. The molecule has 0 atom stereocenters. The third kappa shape index (κ3) is 8.08. The second-order valence-corrected chi connectivity index (χ2v) is 7.58. The van der Waals surface area contributed by atoms with Gasteiger partial charge in [0.1, 0.15) is 5.78 Å². The van der Waals surface area contributed by atoms with Gasteiger partial charge in [-0.25, -0.2) is 14.4 Å². The van der Waals surface area contributed by atoms with Crippen LogP contribution in [0.2, 0.25) is 0 Å². The number of aliphatic hydroxyl groups excluding tert-OH is 3. The Kier molecular flexibility index (Phi) is 11.0. The number of allylic oxidation sites excluding steroid dienone is 3. The number of Topliss-reactive ketones (excluding diaryl/α,β-unsaturated/α-hetero) is 1. The molecule has 0 amide bonds. The molecule has 31 heavy (non-hydrogen) atoms. The Morgan fingerprint density at radius 2 is 1.00 bits per heavy atom. The highest BCUT2D eigenvalue weighted by atomic mass is 16.4. The van der Waals surface area contributed by atoms with Gasteiger partial charge in [0.2, 0.25) is 0 Å². The lowest BCUT2D eigenvalue weighted by atomic mass is 9.75. The van der Waals surface area contributed by atoms with Crippen LogP contribution in [0.25, 0.3) is 0 Å². The molecule has 0 fully saturated rings. The number of hydrogen-bond acceptors (Lipinski definition) is 7. The number of aliphatic carboxylic acids is 3. The van der Waals surface area contributed by atoms with Crippen LogP contribution >= 0.6 is 0 Å². The maximum atomic E-state index is 13.2. The number of aliphatic hydroxyl groups is 3. The molecule has 0 aromatic heterocycles. The molecule has 0 radical (unpaired) electrons. The first-order valence-electron chi connectivity index (χ1n) is 9.44. The Bertz CT molecular complexity index is 702. The van der Waals surface area contributed by atoms with Gasteiger partial charge in [-0.05, 0) is 33.6 Å². The zero-order valence-electron chi connectivity index (χ0n) is 17.8. The molecule has 0 aromatic rings. The predicted molar refractivity (Wildman–Crippen MR) is 109 cm³/mol. The Morgan fingerprint density at radius 1 is 0.677 bits per heavy atom. The first kappa shape index (κ1) is 28.2. The van der Waals surface area contributed by atoms with Gasteiger partial charge in [0.25, 0.3) is 0 Å². The number of hydrogen-bond donors (Lipinski definition) is 6. The Hall–Kier alpha value is -2.82. The molecule has 0 aliphatic heterocycles. The van der Waals surface area contributed by atoms with Crippen molar-refractivity contribution in [1.82, 2.24) is 0 Å². The summed E-state index contributed by atoms with van der Waals surface area (Å²) in [6, 6.07) is 0. The molecule has 0 aliphatic carbocycles. The molecule has 0 saturated heterocycles. The van der Waals surface area contributed by atoms with Gasteiger partial charge in [0.15, 0.2) is 0 Å². The van der Waals surface area contributed by atoms with Crippen LogP contribution in [-0.4, -0.2) is 74.2 Å². The van der Waals surface area contributed by atoms with Crippen molar-refractivity contribution in [2.75, 3.05) is 19.8 Å². The predicted octanol–water partition coefficient (Wildman–Crippen LogP) is 0.768. The van der Waals surface area contributed by atoms with E-state index in [9.17, 15) is 49.8 Å². The third-order valence-corrected chi connectivity index (χ3v) is 4.98. The van der Waals surface area contributed by atoms with E-state index >= 15 is 0 Å². The van der Waals surface area contributed by atoms with Crippen LogP contribution < -0.4 is 0 Å². The Morgan fingerprint density at radius 3 is 1.26 bits per heavy atom. The van der Waals surface area contributed by atoms with Crippen molar-refractivity contribution in [2.45, 2.75) is 40.0 Å². The molecule has 0 heterocycles. The first-order valence-corrected chi connectivity index (χ1v) is 9.44. The minimum atomic E-state index is -1.96. The Balaban J connectivity index is 6.45. The van der Waals surface area contributed by atoms with Crippen molar-refractivity contribution in [1.29, 1.82) is 0 Å². The lowest BCUT2D eigenvalue weighted by Gasteiger charge is -2.28.